The molecule has 0 N–H and O–H groups in total. The smallest absolute Gasteiger partial charge is 0.427 e. The number of methoxy groups -OCH3 is 1. The van der Waals surface area contributed by atoms with Crippen molar-refractivity contribution in [2.24, 2.45) is 0 Å². The molecule has 17 heavy (non-hydrogen) atoms. The van der Waals surface area contributed by atoms with E-state index in [1.165, 1.54) is 18.2 Å². The van der Waals surface area contributed by atoms with Gasteiger partial charge in [-0.1, -0.05) is 12.1 Å². The standard InChI is InChI=1S/C11H7F3O3/c1-16-10-8(11(12,13)14)9(15)6-4-2-3-5-7(6)17-10/h2-5H,1H3. The zero-order chi connectivity index (χ0) is 12.6. The van der Waals surface area contributed by atoms with E-state index in [0.717, 1.165) is 7.11 Å². The summed E-state index contributed by atoms with van der Waals surface area (Å²) in [7, 11) is 1.02. The molecule has 2 rings (SSSR count). The van der Waals surface area contributed by atoms with Crippen LogP contribution in [0.4, 0.5) is 13.2 Å². The van der Waals surface area contributed by atoms with Gasteiger partial charge in [-0.05, 0) is 12.1 Å². The first-order valence-corrected chi connectivity index (χ1v) is 4.62. The molecule has 1 heterocycles. The van der Waals surface area contributed by atoms with E-state index in [2.05, 4.69) is 4.74 Å². The molecule has 0 amide bonds. The number of ether oxygens (including phenoxy) is 1. The predicted molar refractivity (Wildman–Crippen MR) is 54.0 cm³/mol. The van der Waals surface area contributed by atoms with Crippen LogP contribution < -0.4 is 10.2 Å². The quantitative estimate of drug-likeness (QED) is 0.774. The van der Waals surface area contributed by atoms with Gasteiger partial charge in [0.05, 0.1) is 12.5 Å². The number of hydrogen-bond donors (Lipinski definition) is 0. The van der Waals surface area contributed by atoms with Crippen LogP contribution in [0, 0.1) is 0 Å². The Labute approximate surface area is 93.4 Å². The van der Waals surface area contributed by atoms with E-state index < -0.39 is 23.1 Å². The molecule has 2 aromatic rings. The first-order chi connectivity index (χ1) is 7.95. The highest BCUT2D eigenvalue weighted by atomic mass is 19.4. The fourth-order valence-corrected chi connectivity index (χ4v) is 1.51. The Morgan fingerprint density at radius 3 is 2.47 bits per heavy atom. The average molecular weight is 244 g/mol. The maximum Gasteiger partial charge on any atom is 0.427 e. The Morgan fingerprint density at radius 2 is 1.88 bits per heavy atom. The van der Waals surface area contributed by atoms with Crippen molar-refractivity contribution >= 4 is 11.0 Å². The van der Waals surface area contributed by atoms with Gasteiger partial charge in [0, 0.05) is 0 Å². The zero-order valence-electron chi connectivity index (χ0n) is 8.67. The number of benzene rings is 1. The zero-order valence-corrected chi connectivity index (χ0v) is 8.67. The predicted octanol–water partition coefficient (Wildman–Crippen LogP) is 2.82. The second-order valence-electron chi connectivity index (χ2n) is 3.29. The maximum absolute atomic E-state index is 12.7. The van der Waals surface area contributed by atoms with Crippen LogP contribution in [0.3, 0.4) is 0 Å². The number of para-hydroxylation sites is 1. The normalized spacial score (nSPS) is 11.8. The van der Waals surface area contributed by atoms with Crippen LogP contribution in [0.25, 0.3) is 11.0 Å². The van der Waals surface area contributed by atoms with Crippen LogP contribution in [0.1, 0.15) is 5.56 Å². The van der Waals surface area contributed by atoms with Gasteiger partial charge in [0.1, 0.15) is 5.58 Å². The largest absolute Gasteiger partial charge is 0.468 e. The summed E-state index contributed by atoms with van der Waals surface area (Å²) in [4.78, 5) is 11.7. The van der Waals surface area contributed by atoms with Crippen LogP contribution in [-0.4, -0.2) is 7.11 Å². The summed E-state index contributed by atoms with van der Waals surface area (Å²) in [5, 5.41) is -0.124. The van der Waals surface area contributed by atoms with Crippen LogP contribution in [0.5, 0.6) is 5.95 Å². The molecule has 0 aliphatic heterocycles. The summed E-state index contributed by atoms with van der Waals surface area (Å²) in [6.07, 6.45) is -4.81. The topological polar surface area (TPSA) is 39.4 Å². The van der Waals surface area contributed by atoms with Crippen molar-refractivity contribution in [1.29, 1.82) is 0 Å². The Balaban J connectivity index is 2.92. The molecule has 0 unspecified atom stereocenters. The summed E-state index contributed by atoms with van der Waals surface area (Å²) in [5.41, 5.74) is -2.50. The van der Waals surface area contributed by atoms with E-state index in [1.54, 1.807) is 6.07 Å². The molecule has 0 spiro atoms. The summed E-state index contributed by atoms with van der Waals surface area (Å²) in [6, 6.07) is 5.69. The first-order valence-electron chi connectivity index (χ1n) is 4.62. The molecule has 0 atom stereocenters. The van der Waals surface area contributed by atoms with Crippen molar-refractivity contribution in [3.8, 4) is 5.95 Å². The van der Waals surface area contributed by atoms with E-state index in [0.29, 0.717) is 0 Å². The number of fused-ring (bicyclic) bond motifs is 1. The highest BCUT2D eigenvalue weighted by molar-refractivity contribution is 5.77. The minimum absolute atomic E-state index is 0.0577. The van der Waals surface area contributed by atoms with Gasteiger partial charge in [0.2, 0.25) is 5.43 Å². The molecule has 0 radical (unpaired) electrons. The minimum Gasteiger partial charge on any atom is -0.468 e. The van der Waals surface area contributed by atoms with Gasteiger partial charge in [-0.15, -0.1) is 0 Å². The molecule has 90 valence electrons. The SMILES string of the molecule is COc1oc2ccccc2c(=O)c1C(F)(F)F. The second kappa shape index (κ2) is 3.80. The lowest BCUT2D eigenvalue weighted by Crippen LogP contribution is -2.20. The fourth-order valence-electron chi connectivity index (χ4n) is 1.51. The van der Waals surface area contributed by atoms with Gasteiger partial charge in [0.25, 0.3) is 0 Å². The van der Waals surface area contributed by atoms with Gasteiger partial charge in [-0.25, -0.2) is 0 Å². The Bertz CT molecular complexity index is 613. The lowest BCUT2D eigenvalue weighted by Gasteiger charge is -2.10. The van der Waals surface area contributed by atoms with Crippen molar-refractivity contribution in [3.05, 3.63) is 40.1 Å². The third-order valence-electron chi connectivity index (χ3n) is 2.23. The highest BCUT2D eigenvalue weighted by Crippen LogP contribution is 2.35. The third-order valence-corrected chi connectivity index (χ3v) is 2.23. The first kappa shape index (κ1) is 11.5. The summed E-state index contributed by atoms with van der Waals surface area (Å²) < 4.78 is 47.4. The molecule has 0 saturated carbocycles. The average Bonchev–Trinajstić information content (AvgIpc) is 2.27. The number of alkyl halides is 3. The molecule has 1 aromatic carbocycles. The van der Waals surface area contributed by atoms with Crippen molar-refractivity contribution < 1.29 is 22.3 Å². The van der Waals surface area contributed by atoms with Crippen molar-refractivity contribution in [3.63, 3.8) is 0 Å². The lowest BCUT2D eigenvalue weighted by molar-refractivity contribution is -0.140. The van der Waals surface area contributed by atoms with Gasteiger partial charge in [-0.2, -0.15) is 13.2 Å². The molecule has 0 aliphatic carbocycles. The van der Waals surface area contributed by atoms with Crippen molar-refractivity contribution in [2.45, 2.75) is 6.18 Å². The van der Waals surface area contributed by atoms with E-state index in [1.807, 2.05) is 0 Å². The van der Waals surface area contributed by atoms with Gasteiger partial charge in [0.15, 0.2) is 5.56 Å². The van der Waals surface area contributed by atoms with Crippen LogP contribution >= 0.6 is 0 Å². The molecule has 0 aliphatic rings. The highest BCUT2D eigenvalue weighted by Gasteiger charge is 2.40. The van der Waals surface area contributed by atoms with Crippen LogP contribution in [0.15, 0.2) is 33.5 Å². The number of halogens is 3. The Morgan fingerprint density at radius 1 is 1.24 bits per heavy atom. The monoisotopic (exact) mass is 244 g/mol. The molecule has 6 heteroatoms. The Hall–Kier alpha value is -1.98. The van der Waals surface area contributed by atoms with Crippen molar-refractivity contribution in [2.75, 3.05) is 7.11 Å². The lowest BCUT2D eigenvalue weighted by atomic mass is 10.1. The van der Waals surface area contributed by atoms with E-state index in [4.69, 9.17) is 4.42 Å². The van der Waals surface area contributed by atoms with Crippen molar-refractivity contribution in [1.82, 2.24) is 0 Å². The van der Waals surface area contributed by atoms with Crippen LogP contribution in [-0.2, 0) is 6.18 Å². The molecular formula is C11H7F3O3. The Kier molecular flexibility index (Phi) is 2.57. The molecule has 3 nitrogen and oxygen atoms in total. The third kappa shape index (κ3) is 1.86. The molecular weight excluding hydrogens is 237 g/mol. The summed E-state index contributed by atoms with van der Waals surface area (Å²) in [5.74, 6) is -0.818. The minimum atomic E-state index is -4.81. The van der Waals surface area contributed by atoms with E-state index in [-0.39, 0.29) is 11.0 Å². The summed E-state index contributed by atoms with van der Waals surface area (Å²) >= 11 is 0. The molecule has 0 fully saturated rings. The van der Waals surface area contributed by atoms with E-state index in [9.17, 15) is 18.0 Å². The van der Waals surface area contributed by atoms with E-state index >= 15 is 0 Å². The molecule has 1 aromatic heterocycles. The van der Waals surface area contributed by atoms with Gasteiger partial charge in [-0.3, -0.25) is 4.79 Å². The fraction of sp³-hybridized carbons (Fsp3) is 0.182. The van der Waals surface area contributed by atoms with Gasteiger partial charge < -0.3 is 9.15 Å². The second-order valence-corrected chi connectivity index (χ2v) is 3.29. The molecule has 0 bridgehead atoms. The molecule has 0 saturated heterocycles. The number of hydrogen-bond acceptors (Lipinski definition) is 3. The maximum atomic E-state index is 12.7. The van der Waals surface area contributed by atoms with Gasteiger partial charge >= 0.3 is 12.1 Å². The summed E-state index contributed by atoms with van der Waals surface area (Å²) in [6.45, 7) is 0. The van der Waals surface area contributed by atoms with Crippen LogP contribution in [0.2, 0.25) is 0 Å². The number of rotatable bonds is 1.